The number of nitrogens with zero attached hydrogens (tertiary/aromatic N) is 4. The summed E-state index contributed by atoms with van der Waals surface area (Å²) >= 11 is 0. The average molecular weight is 450 g/mol. The highest BCUT2D eigenvalue weighted by atomic mass is 16.5. The van der Waals surface area contributed by atoms with Gasteiger partial charge in [-0.2, -0.15) is 5.10 Å². The number of hydrogen-bond acceptors (Lipinski definition) is 7. The third-order valence-electron chi connectivity index (χ3n) is 6.62. The first-order valence-corrected chi connectivity index (χ1v) is 11.0. The Morgan fingerprint density at radius 3 is 2.82 bits per heavy atom. The van der Waals surface area contributed by atoms with Gasteiger partial charge >= 0.3 is 5.97 Å². The summed E-state index contributed by atoms with van der Waals surface area (Å²) in [5, 5.41) is 15.2. The molecule has 1 N–H and O–H groups in total. The summed E-state index contributed by atoms with van der Waals surface area (Å²) in [5.74, 6) is 4.86. The van der Waals surface area contributed by atoms with Crippen LogP contribution in [0.4, 0.5) is 0 Å². The highest BCUT2D eigenvalue weighted by Crippen LogP contribution is 2.29. The zero-order valence-corrected chi connectivity index (χ0v) is 18.7. The van der Waals surface area contributed by atoms with E-state index in [2.05, 4.69) is 21.8 Å². The van der Waals surface area contributed by atoms with Gasteiger partial charge in [0.2, 0.25) is 5.60 Å². The van der Waals surface area contributed by atoms with Gasteiger partial charge in [0.15, 0.2) is 5.69 Å². The second-order valence-corrected chi connectivity index (χ2v) is 8.73. The fourth-order valence-electron chi connectivity index (χ4n) is 4.52. The van der Waals surface area contributed by atoms with E-state index in [4.69, 9.17) is 9.47 Å². The first kappa shape index (κ1) is 21.6. The van der Waals surface area contributed by atoms with Crippen LogP contribution in [-0.4, -0.2) is 88.7 Å². The number of carbonyl (C=O) groups is 2. The summed E-state index contributed by atoms with van der Waals surface area (Å²) in [5.41, 5.74) is 1.94. The fourth-order valence-corrected chi connectivity index (χ4v) is 4.52. The first-order valence-electron chi connectivity index (χ1n) is 11.0. The smallest absolute Gasteiger partial charge is 0.358 e. The van der Waals surface area contributed by atoms with Gasteiger partial charge in [-0.25, -0.2) is 9.48 Å². The lowest BCUT2D eigenvalue weighted by Gasteiger charge is -2.39. The standard InChI is InChI=1S/C24H26N4O5/c1-26-11-9-24(31,23(26)30)8-6-16-4-3-5-17(12-16)28-20-7-10-27(18-14-33-15-18)13-19(20)21(25-28)22(29)32-2/h3-5,12,18,31H,7,9-11,13-15H2,1-2H3/t24-/m0/s1. The Hall–Kier alpha value is -3.19. The number of rotatable bonds is 3. The van der Waals surface area contributed by atoms with Gasteiger partial charge in [0, 0.05) is 50.7 Å². The third-order valence-corrected chi connectivity index (χ3v) is 6.62. The molecule has 0 spiro atoms. The molecule has 2 aromatic rings. The minimum Gasteiger partial charge on any atom is -0.464 e. The molecule has 0 radical (unpaired) electrons. The Morgan fingerprint density at radius 1 is 1.33 bits per heavy atom. The number of fused-ring (bicyclic) bond motifs is 1. The number of amides is 1. The lowest BCUT2D eigenvalue weighted by atomic mass is 10.0. The molecule has 3 aliphatic heterocycles. The van der Waals surface area contributed by atoms with Gasteiger partial charge in [-0.1, -0.05) is 17.9 Å². The topological polar surface area (TPSA) is 97.1 Å². The summed E-state index contributed by atoms with van der Waals surface area (Å²) in [7, 11) is 3.01. The van der Waals surface area contributed by atoms with Gasteiger partial charge in [-0.3, -0.25) is 9.69 Å². The van der Waals surface area contributed by atoms with E-state index in [1.54, 1.807) is 11.7 Å². The number of aromatic nitrogens is 2. The van der Waals surface area contributed by atoms with Gasteiger partial charge in [0.1, 0.15) is 0 Å². The number of ether oxygens (including phenoxy) is 2. The van der Waals surface area contributed by atoms with Crippen molar-refractivity contribution in [1.29, 1.82) is 0 Å². The van der Waals surface area contributed by atoms with Crippen molar-refractivity contribution in [1.82, 2.24) is 19.6 Å². The van der Waals surface area contributed by atoms with Crippen LogP contribution < -0.4 is 0 Å². The van der Waals surface area contributed by atoms with Crippen molar-refractivity contribution in [2.75, 3.05) is 40.5 Å². The Balaban J connectivity index is 1.48. The lowest BCUT2D eigenvalue weighted by Crippen LogP contribution is -2.50. The normalized spacial score (nSPS) is 23.0. The molecule has 1 amide bonds. The molecular formula is C24H26N4O5. The predicted molar refractivity (Wildman–Crippen MR) is 118 cm³/mol. The number of aliphatic hydroxyl groups is 1. The summed E-state index contributed by atoms with van der Waals surface area (Å²) in [6.45, 7) is 3.37. The van der Waals surface area contributed by atoms with Crippen LogP contribution in [0, 0.1) is 11.8 Å². The average Bonchev–Trinajstić information content (AvgIpc) is 3.29. The summed E-state index contributed by atoms with van der Waals surface area (Å²) in [6, 6.07) is 7.78. The molecule has 5 rings (SSSR count). The molecule has 9 nitrogen and oxygen atoms in total. The molecule has 0 saturated carbocycles. The number of likely N-dealkylation sites (tertiary alicyclic amines) is 1. The summed E-state index contributed by atoms with van der Waals surface area (Å²) in [4.78, 5) is 28.5. The highest BCUT2D eigenvalue weighted by Gasteiger charge is 2.42. The van der Waals surface area contributed by atoms with Gasteiger partial charge in [-0.15, -0.1) is 0 Å². The van der Waals surface area contributed by atoms with Crippen molar-refractivity contribution in [3.05, 3.63) is 46.8 Å². The van der Waals surface area contributed by atoms with Crippen LogP contribution in [0.3, 0.4) is 0 Å². The Bertz CT molecular complexity index is 1180. The van der Waals surface area contributed by atoms with Crippen molar-refractivity contribution in [2.45, 2.75) is 31.0 Å². The molecule has 0 aliphatic carbocycles. The van der Waals surface area contributed by atoms with Crippen LogP contribution in [0.2, 0.25) is 0 Å². The van der Waals surface area contributed by atoms with Crippen molar-refractivity contribution in [2.24, 2.45) is 0 Å². The van der Waals surface area contributed by atoms with E-state index in [9.17, 15) is 14.7 Å². The van der Waals surface area contributed by atoms with E-state index in [1.165, 1.54) is 12.0 Å². The minimum absolute atomic E-state index is 0.284. The van der Waals surface area contributed by atoms with Crippen LogP contribution in [0.1, 0.15) is 33.7 Å². The molecule has 172 valence electrons. The highest BCUT2D eigenvalue weighted by molar-refractivity contribution is 5.90. The van der Waals surface area contributed by atoms with Crippen molar-refractivity contribution in [3.8, 4) is 17.5 Å². The van der Waals surface area contributed by atoms with Gasteiger partial charge in [0.25, 0.3) is 5.91 Å². The minimum atomic E-state index is -1.65. The molecule has 1 aromatic heterocycles. The summed E-state index contributed by atoms with van der Waals surface area (Å²) < 4.78 is 12.1. The third kappa shape index (κ3) is 3.80. The maximum atomic E-state index is 12.5. The number of esters is 1. The zero-order valence-electron chi connectivity index (χ0n) is 18.7. The van der Waals surface area contributed by atoms with Crippen LogP contribution in [-0.2, 0) is 27.2 Å². The molecule has 3 aliphatic rings. The van der Waals surface area contributed by atoms with E-state index in [0.717, 1.165) is 29.9 Å². The monoisotopic (exact) mass is 450 g/mol. The zero-order chi connectivity index (χ0) is 23.2. The number of benzene rings is 1. The van der Waals surface area contributed by atoms with Gasteiger partial charge in [-0.05, 0) is 18.2 Å². The largest absolute Gasteiger partial charge is 0.464 e. The van der Waals surface area contributed by atoms with E-state index in [-0.39, 0.29) is 12.3 Å². The SMILES string of the molecule is COC(=O)c1nn(-c2cccc(C#C[C@]3(O)CCN(C)C3=O)c2)c2c1CN(C1COC1)CC2. The molecule has 0 unspecified atom stereocenters. The van der Waals surface area contributed by atoms with Crippen molar-refractivity contribution in [3.63, 3.8) is 0 Å². The number of methoxy groups -OCH3 is 1. The fraction of sp³-hybridized carbons (Fsp3) is 0.458. The number of likely N-dealkylation sites (N-methyl/N-ethyl adjacent to an activating group) is 1. The maximum absolute atomic E-state index is 12.5. The number of hydrogen-bond donors (Lipinski definition) is 1. The molecule has 4 heterocycles. The van der Waals surface area contributed by atoms with Gasteiger partial charge < -0.3 is 19.5 Å². The molecule has 2 fully saturated rings. The Morgan fingerprint density at radius 2 is 2.15 bits per heavy atom. The quantitative estimate of drug-likeness (QED) is 0.533. The van der Waals surface area contributed by atoms with Crippen LogP contribution in [0.5, 0.6) is 0 Å². The maximum Gasteiger partial charge on any atom is 0.358 e. The predicted octanol–water partition coefficient (Wildman–Crippen LogP) is 0.361. The van der Waals surface area contributed by atoms with Gasteiger partial charge in [0.05, 0.1) is 37.7 Å². The molecule has 33 heavy (non-hydrogen) atoms. The summed E-state index contributed by atoms with van der Waals surface area (Å²) in [6.07, 6.45) is 1.03. The molecule has 2 saturated heterocycles. The first-order chi connectivity index (χ1) is 15.9. The van der Waals surface area contributed by atoms with Crippen LogP contribution >= 0.6 is 0 Å². The molecule has 0 bridgehead atoms. The van der Waals surface area contributed by atoms with Crippen LogP contribution in [0.15, 0.2) is 24.3 Å². The molecule has 9 heteroatoms. The number of carbonyl (C=O) groups excluding carboxylic acids is 2. The second kappa shape index (κ2) is 8.30. The molecule has 1 aromatic carbocycles. The molecule has 1 atom stereocenters. The second-order valence-electron chi connectivity index (χ2n) is 8.73. The van der Waals surface area contributed by atoms with E-state index < -0.39 is 11.6 Å². The van der Waals surface area contributed by atoms with E-state index in [1.807, 2.05) is 24.3 Å². The van der Waals surface area contributed by atoms with Crippen LogP contribution in [0.25, 0.3) is 5.69 Å². The Labute approximate surface area is 191 Å². The molecular weight excluding hydrogens is 424 g/mol. The lowest BCUT2D eigenvalue weighted by molar-refractivity contribution is -0.137. The van der Waals surface area contributed by atoms with E-state index in [0.29, 0.717) is 43.6 Å². The Kier molecular flexibility index (Phi) is 5.44. The van der Waals surface area contributed by atoms with E-state index >= 15 is 0 Å². The van der Waals surface area contributed by atoms with Crippen molar-refractivity contribution >= 4 is 11.9 Å². The van der Waals surface area contributed by atoms with Crippen molar-refractivity contribution < 1.29 is 24.2 Å².